The topological polar surface area (TPSA) is 62.7 Å². The van der Waals surface area contributed by atoms with Crippen LogP contribution in [0.2, 0.25) is 0 Å². The van der Waals surface area contributed by atoms with Gasteiger partial charge in [0, 0.05) is 30.6 Å². The number of aromatic nitrogens is 3. The second-order valence-electron chi connectivity index (χ2n) is 8.31. The van der Waals surface area contributed by atoms with Crippen molar-refractivity contribution in [2.75, 3.05) is 0 Å². The molecule has 0 atom stereocenters. The summed E-state index contributed by atoms with van der Waals surface area (Å²) in [5, 5.41) is 3.39. The van der Waals surface area contributed by atoms with Crippen LogP contribution in [0.15, 0.2) is 48.9 Å². The third-order valence-corrected chi connectivity index (χ3v) is 6.27. The summed E-state index contributed by atoms with van der Waals surface area (Å²) in [6.07, 6.45) is 4.51. The predicted octanol–water partition coefficient (Wildman–Crippen LogP) is 4.80. The molecule has 1 aliphatic rings. The number of amides is 1. The highest BCUT2D eigenvalue weighted by Crippen LogP contribution is 2.48. The van der Waals surface area contributed by atoms with Gasteiger partial charge in [0.2, 0.25) is 5.91 Å². The molecule has 5 nitrogen and oxygen atoms in total. The van der Waals surface area contributed by atoms with Gasteiger partial charge >= 0.3 is 0 Å². The van der Waals surface area contributed by atoms with Gasteiger partial charge in [-0.1, -0.05) is 0 Å². The Morgan fingerprint density at radius 3 is 2.59 bits per heavy atom. The van der Waals surface area contributed by atoms with Crippen molar-refractivity contribution < 1.29 is 18.0 Å². The first-order valence-corrected chi connectivity index (χ1v) is 10.4. The third-order valence-electron chi connectivity index (χ3n) is 6.27. The van der Waals surface area contributed by atoms with E-state index in [0.29, 0.717) is 36.0 Å². The van der Waals surface area contributed by atoms with Crippen LogP contribution in [-0.4, -0.2) is 20.4 Å². The molecule has 2 heterocycles. The monoisotopic (exact) mass is 438 g/mol. The van der Waals surface area contributed by atoms with Gasteiger partial charge in [-0.05, 0) is 60.2 Å². The number of fused-ring (bicyclic) bond motifs is 1. The van der Waals surface area contributed by atoms with E-state index >= 15 is 0 Å². The average molecular weight is 438 g/mol. The average Bonchev–Trinajstić information content (AvgIpc) is 3.30. The molecule has 164 valence electrons. The van der Waals surface area contributed by atoms with E-state index in [-0.39, 0.29) is 29.1 Å². The van der Waals surface area contributed by atoms with E-state index in [1.807, 2.05) is 11.6 Å². The highest BCUT2D eigenvalue weighted by molar-refractivity contribution is 5.92. The lowest BCUT2D eigenvalue weighted by Gasteiger charge is -2.35. The van der Waals surface area contributed by atoms with E-state index in [1.165, 1.54) is 18.2 Å². The highest BCUT2D eigenvalue weighted by atomic mass is 19.1. The van der Waals surface area contributed by atoms with Gasteiger partial charge in [0.1, 0.15) is 17.5 Å². The van der Waals surface area contributed by atoms with Crippen LogP contribution in [0, 0.1) is 23.4 Å². The molecule has 0 saturated heterocycles. The molecule has 0 unspecified atom stereocenters. The van der Waals surface area contributed by atoms with Gasteiger partial charge in [-0.25, -0.2) is 18.2 Å². The molecule has 4 aromatic rings. The second-order valence-corrected chi connectivity index (χ2v) is 8.31. The number of rotatable bonds is 5. The molecule has 2 aromatic carbocycles. The summed E-state index contributed by atoms with van der Waals surface area (Å²) < 4.78 is 43.8. The minimum absolute atomic E-state index is 0.0440. The molecule has 2 N–H and O–H groups in total. The number of hydrogen-bond donors (Lipinski definition) is 2. The molecule has 1 fully saturated rings. The largest absolute Gasteiger partial charge is 0.352 e. The quantitative estimate of drug-likeness (QED) is 0.470. The van der Waals surface area contributed by atoms with E-state index in [0.717, 1.165) is 17.3 Å². The molecule has 1 saturated carbocycles. The molecule has 8 heteroatoms. The number of nitrogens with zero attached hydrogens (tertiary/aromatic N) is 2. The summed E-state index contributed by atoms with van der Waals surface area (Å²) in [5.41, 5.74) is 3.19. The van der Waals surface area contributed by atoms with Crippen molar-refractivity contribution in [3.8, 4) is 11.3 Å². The summed E-state index contributed by atoms with van der Waals surface area (Å²) in [6.45, 7) is 0.390. The highest BCUT2D eigenvalue weighted by Gasteiger charge is 2.38. The number of carbonyl (C=O) groups is 1. The van der Waals surface area contributed by atoms with E-state index in [9.17, 15) is 18.0 Å². The number of aromatic amines is 1. The zero-order valence-electron chi connectivity index (χ0n) is 17.3. The van der Waals surface area contributed by atoms with Crippen molar-refractivity contribution in [3.63, 3.8) is 0 Å². The van der Waals surface area contributed by atoms with Gasteiger partial charge < -0.3 is 14.9 Å². The maximum Gasteiger partial charge on any atom is 0.223 e. The number of halogens is 3. The van der Waals surface area contributed by atoms with Crippen molar-refractivity contribution in [2.45, 2.75) is 25.3 Å². The van der Waals surface area contributed by atoms with Crippen molar-refractivity contribution in [2.24, 2.45) is 13.0 Å². The van der Waals surface area contributed by atoms with E-state index < -0.39 is 11.6 Å². The summed E-state index contributed by atoms with van der Waals surface area (Å²) >= 11 is 0. The second kappa shape index (κ2) is 7.85. The Balaban J connectivity index is 1.41. The molecule has 1 amide bonds. The summed E-state index contributed by atoms with van der Waals surface area (Å²) in [6, 6.07) is 8.02. The summed E-state index contributed by atoms with van der Waals surface area (Å²) in [5.74, 6) is -2.00. The normalized spacial score (nSPS) is 18.0. The first-order valence-electron chi connectivity index (χ1n) is 10.4. The van der Waals surface area contributed by atoms with Crippen LogP contribution in [0.1, 0.15) is 30.0 Å². The molecule has 0 radical (unpaired) electrons. The molecule has 32 heavy (non-hydrogen) atoms. The van der Waals surface area contributed by atoms with Crippen LogP contribution in [0.3, 0.4) is 0 Å². The fraction of sp³-hybridized carbons (Fsp3) is 0.250. The predicted molar refractivity (Wildman–Crippen MR) is 114 cm³/mol. The van der Waals surface area contributed by atoms with Crippen LogP contribution >= 0.6 is 0 Å². The lowest BCUT2D eigenvalue weighted by molar-refractivity contribution is -0.128. The van der Waals surface area contributed by atoms with E-state index in [4.69, 9.17) is 0 Å². The van der Waals surface area contributed by atoms with E-state index in [1.54, 1.807) is 24.7 Å². The van der Waals surface area contributed by atoms with Crippen molar-refractivity contribution >= 4 is 16.8 Å². The number of imidazole rings is 1. The molecule has 0 bridgehead atoms. The number of hydrogen-bond acceptors (Lipinski definition) is 2. The Morgan fingerprint density at radius 2 is 1.91 bits per heavy atom. The van der Waals surface area contributed by atoms with Crippen LogP contribution in [0.4, 0.5) is 13.2 Å². The first-order chi connectivity index (χ1) is 15.4. The molecule has 0 aliphatic heterocycles. The lowest BCUT2D eigenvalue weighted by Crippen LogP contribution is -2.38. The number of nitrogens with one attached hydrogen (secondary N) is 2. The van der Waals surface area contributed by atoms with E-state index in [2.05, 4.69) is 15.3 Å². The Hall–Kier alpha value is -3.55. The molecule has 5 rings (SSSR count). The van der Waals surface area contributed by atoms with Gasteiger partial charge in [0.05, 0.1) is 29.8 Å². The number of benzene rings is 2. The Bertz CT molecular complexity index is 1300. The van der Waals surface area contributed by atoms with Crippen molar-refractivity contribution in [3.05, 3.63) is 77.6 Å². The number of aryl methyl sites for hydroxylation is 1. The molecule has 0 spiro atoms. The maximum atomic E-state index is 14.5. The molecular weight excluding hydrogens is 417 g/mol. The molecule has 2 aromatic heterocycles. The summed E-state index contributed by atoms with van der Waals surface area (Å²) in [4.78, 5) is 19.7. The van der Waals surface area contributed by atoms with Gasteiger partial charge in [0.15, 0.2) is 0 Å². The van der Waals surface area contributed by atoms with Crippen LogP contribution < -0.4 is 5.32 Å². The lowest BCUT2D eigenvalue weighted by atomic mass is 9.70. The zero-order valence-corrected chi connectivity index (χ0v) is 17.3. The van der Waals surface area contributed by atoms with Gasteiger partial charge in [-0.15, -0.1) is 0 Å². The fourth-order valence-corrected chi connectivity index (χ4v) is 4.45. The van der Waals surface area contributed by atoms with Gasteiger partial charge in [-0.3, -0.25) is 4.79 Å². The minimum atomic E-state index is -0.681. The fourth-order valence-electron chi connectivity index (χ4n) is 4.45. The number of carbonyl (C=O) groups excluding carboxylic acids is 1. The Morgan fingerprint density at radius 1 is 1.16 bits per heavy atom. The molecule has 1 aliphatic carbocycles. The standard InChI is InChI=1S/C24H21F3N4O/c1-31-12-28-10-18(31)11-29-24(32)15-6-14(7-15)21-19-8-17(26)9-20(27)23(19)30-22(21)13-2-4-16(25)5-3-13/h2-5,8-10,12,14-15,30H,6-7,11H2,1H3,(H,29,32). The van der Waals surface area contributed by atoms with Crippen molar-refractivity contribution in [1.29, 1.82) is 0 Å². The zero-order chi connectivity index (χ0) is 22.4. The maximum absolute atomic E-state index is 14.5. The minimum Gasteiger partial charge on any atom is -0.352 e. The van der Waals surface area contributed by atoms with Crippen molar-refractivity contribution in [1.82, 2.24) is 19.9 Å². The van der Waals surface area contributed by atoms with Gasteiger partial charge in [-0.2, -0.15) is 0 Å². The van der Waals surface area contributed by atoms with Gasteiger partial charge in [0.25, 0.3) is 0 Å². The SMILES string of the molecule is Cn1cncc1CNC(=O)C1CC(c2c(-c3ccc(F)cc3)[nH]c3c(F)cc(F)cc23)C1. The van der Waals surface area contributed by atoms with Crippen LogP contribution in [0.5, 0.6) is 0 Å². The third kappa shape index (κ3) is 3.55. The van der Waals surface area contributed by atoms with Crippen LogP contribution in [0.25, 0.3) is 22.2 Å². The smallest absolute Gasteiger partial charge is 0.223 e. The summed E-state index contributed by atoms with van der Waals surface area (Å²) in [7, 11) is 1.86. The Labute approximate surface area is 182 Å². The first kappa shape index (κ1) is 20.4. The Kier molecular flexibility index (Phi) is 5.00. The molecular formula is C24H21F3N4O. The number of H-pyrrole nitrogens is 1. The van der Waals surface area contributed by atoms with Crippen LogP contribution in [-0.2, 0) is 18.4 Å².